The highest BCUT2D eigenvalue weighted by atomic mass is 16.5. The van der Waals surface area contributed by atoms with Gasteiger partial charge in [0.25, 0.3) is 0 Å². The maximum Gasteiger partial charge on any atom is 0.155 e. The standard InChI is InChI=1S/C25H31N3O3/c1-30-20-8-3-2-7-19(20)26-25-22-18(13-15-10-12-21(22)31-15)23(27-28-25)17-11-9-14-5-4-6-16(14)24(17)29/h9,11,15,19-21,29H,2-8,10,12-13H2,1H3,(H,26,28)/t15?,19-,20-,21?/m1/s1. The number of rotatable bonds is 4. The molecule has 164 valence electrons. The van der Waals surface area contributed by atoms with Crippen molar-refractivity contribution in [2.45, 2.75) is 88.6 Å². The minimum absolute atomic E-state index is 0.0617. The number of nitrogens with zero attached hydrogens (tertiary/aromatic N) is 2. The van der Waals surface area contributed by atoms with Crippen molar-refractivity contribution in [2.75, 3.05) is 12.4 Å². The van der Waals surface area contributed by atoms with E-state index >= 15 is 0 Å². The Morgan fingerprint density at radius 2 is 1.94 bits per heavy atom. The predicted molar refractivity (Wildman–Crippen MR) is 118 cm³/mol. The van der Waals surface area contributed by atoms with Gasteiger partial charge in [-0.3, -0.25) is 0 Å². The third-order valence-electron chi connectivity index (χ3n) is 7.81. The van der Waals surface area contributed by atoms with E-state index in [0.29, 0.717) is 5.75 Å². The summed E-state index contributed by atoms with van der Waals surface area (Å²) >= 11 is 0. The van der Waals surface area contributed by atoms with E-state index in [9.17, 15) is 5.11 Å². The summed E-state index contributed by atoms with van der Waals surface area (Å²) in [7, 11) is 1.80. The number of hydrogen-bond donors (Lipinski definition) is 2. The highest BCUT2D eigenvalue weighted by Crippen LogP contribution is 2.48. The number of aromatic nitrogens is 2. The maximum absolute atomic E-state index is 11.1. The third kappa shape index (κ3) is 3.23. The van der Waals surface area contributed by atoms with E-state index in [-0.39, 0.29) is 24.4 Å². The monoisotopic (exact) mass is 421 g/mol. The second-order valence-electron chi connectivity index (χ2n) is 9.58. The van der Waals surface area contributed by atoms with E-state index in [0.717, 1.165) is 79.6 Å². The Labute approximate surface area is 183 Å². The van der Waals surface area contributed by atoms with Crippen LogP contribution >= 0.6 is 0 Å². The summed E-state index contributed by atoms with van der Waals surface area (Å²) in [6.45, 7) is 0. The van der Waals surface area contributed by atoms with Gasteiger partial charge in [-0.1, -0.05) is 18.9 Å². The average molecular weight is 422 g/mol. The molecule has 1 saturated heterocycles. The molecule has 31 heavy (non-hydrogen) atoms. The maximum atomic E-state index is 11.1. The van der Waals surface area contributed by atoms with E-state index < -0.39 is 0 Å². The Bertz CT molecular complexity index is 1010. The first kappa shape index (κ1) is 19.5. The van der Waals surface area contributed by atoms with Crippen LogP contribution in [0.2, 0.25) is 0 Å². The van der Waals surface area contributed by atoms with Crippen molar-refractivity contribution in [1.82, 2.24) is 10.2 Å². The van der Waals surface area contributed by atoms with Crippen molar-refractivity contribution in [2.24, 2.45) is 0 Å². The van der Waals surface area contributed by atoms with Gasteiger partial charge in [-0.2, -0.15) is 0 Å². The zero-order valence-corrected chi connectivity index (χ0v) is 18.2. The van der Waals surface area contributed by atoms with Crippen molar-refractivity contribution in [3.8, 4) is 17.0 Å². The molecule has 3 heterocycles. The molecule has 6 heteroatoms. The first-order valence-electron chi connectivity index (χ1n) is 11.9. The molecule has 6 nitrogen and oxygen atoms in total. The second kappa shape index (κ2) is 7.75. The van der Waals surface area contributed by atoms with Gasteiger partial charge in [-0.15, -0.1) is 10.2 Å². The summed E-state index contributed by atoms with van der Waals surface area (Å²) < 4.78 is 12.1. The number of methoxy groups -OCH3 is 1. The number of anilines is 1. The third-order valence-corrected chi connectivity index (χ3v) is 7.81. The highest BCUT2D eigenvalue weighted by Gasteiger charge is 2.39. The molecule has 0 spiro atoms. The molecule has 2 aliphatic heterocycles. The lowest BCUT2D eigenvalue weighted by molar-refractivity contribution is 0.0321. The van der Waals surface area contributed by atoms with Crippen molar-refractivity contribution >= 4 is 5.82 Å². The number of nitrogens with one attached hydrogen (secondary N) is 1. The van der Waals surface area contributed by atoms with Gasteiger partial charge in [0.05, 0.1) is 24.4 Å². The quantitative estimate of drug-likeness (QED) is 0.758. The minimum atomic E-state index is 0.0617. The number of aromatic hydroxyl groups is 1. The Balaban J connectivity index is 1.43. The van der Waals surface area contributed by atoms with Crippen molar-refractivity contribution in [3.05, 3.63) is 34.4 Å². The molecular formula is C25H31N3O3. The summed E-state index contributed by atoms with van der Waals surface area (Å²) in [6, 6.07) is 4.45. The number of hydrogen-bond acceptors (Lipinski definition) is 6. The van der Waals surface area contributed by atoms with Gasteiger partial charge in [-0.25, -0.2) is 0 Å². The Morgan fingerprint density at radius 1 is 1.03 bits per heavy atom. The van der Waals surface area contributed by atoms with Gasteiger partial charge in [0, 0.05) is 24.7 Å². The zero-order chi connectivity index (χ0) is 20.9. The topological polar surface area (TPSA) is 76.5 Å². The van der Waals surface area contributed by atoms with Crippen LogP contribution in [-0.4, -0.2) is 40.7 Å². The molecular weight excluding hydrogens is 390 g/mol. The first-order chi connectivity index (χ1) is 15.2. The smallest absolute Gasteiger partial charge is 0.155 e. The normalized spacial score (nSPS) is 28.9. The van der Waals surface area contributed by atoms with Crippen molar-refractivity contribution in [1.29, 1.82) is 0 Å². The van der Waals surface area contributed by atoms with Crippen LogP contribution in [0.4, 0.5) is 5.82 Å². The Morgan fingerprint density at radius 3 is 2.84 bits per heavy atom. The number of ether oxygens (including phenoxy) is 2. The van der Waals surface area contributed by atoms with E-state index in [1.54, 1.807) is 7.11 Å². The first-order valence-corrected chi connectivity index (χ1v) is 11.9. The Hall–Kier alpha value is -2.18. The molecule has 2 unspecified atom stereocenters. The van der Waals surface area contributed by atoms with Crippen LogP contribution in [0.1, 0.15) is 73.3 Å². The molecule has 1 aromatic carbocycles. The lowest BCUT2D eigenvalue weighted by Crippen LogP contribution is -2.38. The van der Waals surface area contributed by atoms with Crippen LogP contribution < -0.4 is 5.32 Å². The average Bonchev–Trinajstić information content (AvgIpc) is 3.42. The van der Waals surface area contributed by atoms with Crippen LogP contribution in [0.15, 0.2) is 12.1 Å². The van der Waals surface area contributed by atoms with E-state index in [1.807, 2.05) is 6.07 Å². The fourth-order valence-corrected chi connectivity index (χ4v) is 6.21. The van der Waals surface area contributed by atoms with Crippen LogP contribution in [-0.2, 0) is 28.7 Å². The van der Waals surface area contributed by atoms with Crippen molar-refractivity contribution < 1.29 is 14.6 Å². The van der Waals surface area contributed by atoms with E-state index in [4.69, 9.17) is 14.6 Å². The largest absolute Gasteiger partial charge is 0.507 e. The van der Waals surface area contributed by atoms with Gasteiger partial charge in [-0.05, 0) is 67.7 Å². The van der Waals surface area contributed by atoms with E-state index in [1.165, 1.54) is 24.0 Å². The molecule has 1 saturated carbocycles. The molecule has 6 rings (SSSR count). The Kier molecular flexibility index (Phi) is 4.87. The van der Waals surface area contributed by atoms with Crippen LogP contribution in [0, 0.1) is 0 Å². The number of aryl methyl sites for hydroxylation is 1. The summed E-state index contributed by atoms with van der Waals surface area (Å²) in [5.41, 5.74) is 6.38. The molecule has 4 atom stereocenters. The molecule has 0 amide bonds. The van der Waals surface area contributed by atoms with Gasteiger partial charge in [0.2, 0.25) is 0 Å². The zero-order valence-electron chi connectivity index (χ0n) is 18.2. The van der Waals surface area contributed by atoms with Gasteiger partial charge >= 0.3 is 0 Å². The summed E-state index contributed by atoms with van der Waals surface area (Å²) in [4.78, 5) is 0. The van der Waals surface area contributed by atoms with Crippen LogP contribution in [0.5, 0.6) is 5.75 Å². The minimum Gasteiger partial charge on any atom is -0.507 e. The van der Waals surface area contributed by atoms with E-state index in [2.05, 4.69) is 16.5 Å². The number of phenols is 1. The fourth-order valence-electron chi connectivity index (χ4n) is 6.21. The predicted octanol–water partition coefficient (Wildman–Crippen LogP) is 4.48. The summed E-state index contributed by atoms with van der Waals surface area (Å²) in [6.07, 6.45) is 11.1. The van der Waals surface area contributed by atoms with Crippen molar-refractivity contribution in [3.63, 3.8) is 0 Å². The molecule has 0 radical (unpaired) electrons. The summed E-state index contributed by atoms with van der Waals surface area (Å²) in [5.74, 6) is 1.25. The van der Waals surface area contributed by atoms with Gasteiger partial charge in [0.1, 0.15) is 11.4 Å². The molecule has 1 aromatic heterocycles. The molecule has 2 aliphatic carbocycles. The fraction of sp³-hybridized carbons (Fsp3) is 0.600. The van der Waals surface area contributed by atoms with Gasteiger partial charge in [0.15, 0.2) is 5.82 Å². The lowest BCUT2D eigenvalue weighted by Gasteiger charge is -2.33. The summed E-state index contributed by atoms with van der Waals surface area (Å²) in [5, 5.41) is 24.1. The molecule has 2 fully saturated rings. The molecule has 4 aliphatic rings. The number of phenolic OH excluding ortho intramolecular Hbond substituents is 1. The lowest BCUT2D eigenvalue weighted by atomic mass is 9.90. The van der Waals surface area contributed by atoms with Gasteiger partial charge < -0.3 is 19.9 Å². The molecule has 2 aromatic rings. The highest BCUT2D eigenvalue weighted by molar-refractivity contribution is 5.75. The van der Waals surface area contributed by atoms with Crippen LogP contribution in [0.25, 0.3) is 11.3 Å². The number of fused-ring (bicyclic) bond motifs is 5. The van der Waals surface area contributed by atoms with Crippen LogP contribution in [0.3, 0.4) is 0 Å². The second-order valence-corrected chi connectivity index (χ2v) is 9.58. The molecule has 2 N–H and O–H groups in total. The molecule has 2 bridgehead atoms. The SMILES string of the molecule is CO[C@@H]1CCCC[C@H]1Nc1nnc(-c2ccc3c(c2O)CCC3)c2c1C1CCC(C2)O1. The number of benzene rings is 1.